The van der Waals surface area contributed by atoms with Crippen LogP contribution in [0.25, 0.3) is 0 Å². The highest BCUT2D eigenvalue weighted by Gasteiger charge is 2.27. The lowest BCUT2D eigenvalue weighted by molar-refractivity contribution is -0.132. The van der Waals surface area contributed by atoms with Crippen LogP contribution in [0.15, 0.2) is 0 Å². The third kappa shape index (κ3) is 3.79. The van der Waals surface area contributed by atoms with Gasteiger partial charge in [-0.05, 0) is 12.8 Å². The number of amides is 1. The van der Waals surface area contributed by atoms with Crippen molar-refractivity contribution >= 4 is 15.7 Å². The van der Waals surface area contributed by atoms with E-state index >= 15 is 0 Å². The molecule has 0 aromatic heterocycles. The van der Waals surface area contributed by atoms with Crippen LogP contribution in [-0.4, -0.2) is 55.5 Å². The molecule has 1 N–H and O–H groups in total. The molecule has 1 aliphatic rings. The monoisotopic (exact) mass is 235 g/mol. The summed E-state index contributed by atoms with van der Waals surface area (Å²) in [7, 11) is -3.08. The van der Waals surface area contributed by atoms with Gasteiger partial charge in [0.05, 0.1) is 18.4 Å². The smallest absolute Gasteiger partial charge is 0.223 e. The maximum absolute atomic E-state index is 11.6. The van der Waals surface area contributed by atoms with E-state index in [0.717, 1.165) is 19.1 Å². The molecule has 0 saturated carbocycles. The molecule has 1 amide bonds. The molecule has 0 aromatic carbocycles. The van der Waals surface area contributed by atoms with Crippen LogP contribution in [0.2, 0.25) is 0 Å². The largest absolute Gasteiger partial charge is 0.394 e. The SMILES string of the molecule is CS(=O)(=O)CCC(=O)N1CCC[C@@H]1CO. The number of likely N-dealkylation sites (tertiary alicyclic amines) is 1. The summed E-state index contributed by atoms with van der Waals surface area (Å²) in [5.74, 6) is -0.280. The quantitative estimate of drug-likeness (QED) is 0.706. The van der Waals surface area contributed by atoms with Crippen LogP contribution in [0.5, 0.6) is 0 Å². The fourth-order valence-electron chi connectivity index (χ4n) is 1.77. The second-order valence-corrected chi connectivity index (χ2v) is 6.21. The van der Waals surface area contributed by atoms with E-state index in [-0.39, 0.29) is 30.7 Å². The van der Waals surface area contributed by atoms with Crippen LogP contribution in [0.4, 0.5) is 0 Å². The van der Waals surface area contributed by atoms with Crippen LogP contribution in [-0.2, 0) is 14.6 Å². The van der Waals surface area contributed by atoms with E-state index in [0.29, 0.717) is 6.54 Å². The number of nitrogens with zero attached hydrogens (tertiary/aromatic N) is 1. The normalized spacial score (nSPS) is 22.0. The molecule has 0 bridgehead atoms. The van der Waals surface area contributed by atoms with Crippen molar-refractivity contribution in [1.82, 2.24) is 4.90 Å². The number of rotatable bonds is 4. The summed E-state index contributed by atoms with van der Waals surface area (Å²) < 4.78 is 21.8. The lowest BCUT2D eigenvalue weighted by atomic mass is 10.2. The van der Waals surface area contributed by atoms with Crippen LogP contribution in [0, 0.1) is 0 Å². The fraction of sp³-hybridized carbons (Fsp3) is 0.889. The van der Waals surface area contributed by atoms with Crippen molar-refractivity contribution in [2.75, 3.05) is 25.2 Å². The summed E-state index contributed by atoms with van der Waals surface area (Å²) in [5.41, 5.74) is 0. The summed E-state index contributed by atoms with van der Waals surface area (Å²) in [6, 6.07) is -0.114. The first-order valence-electron chi connectivity index (χ1n) is 5.02. The first kappa shape index (κ1) is 12.4. The highest BCUT2D eigenvalue weighted by molar-refractivity contribution is 7.90. The molecule has 6 heteroatoms. The van der Waals surface area contributed by atoms with Gasteiger partial charge in [0.25, 0.3) is 0 Å². The maximum atomic E-state index is 11.6. The molecule has 1 aliphatic heterocycles. The fourth-order valence-corrected chi connectivity index (χ4v) is 2.32. The molecule has 0 radical (unpaired) electrons. The Labute approximate surface area is 90.0 Å². The molecule has 0 spiro atoms. The van der Waals surface area contributed by atoms with Crippen molar-refractivity contribution in [2.24, 2.45) is 0 Å². The van der Waals surface area contributed by atoms with Crippen LogP contribution >= 0.6 is 0 Å². The standard InChI is InChI=1S/C9H17NO4S/c1-15(13,14)6-4-9(12)10-5-2-3-8(10)7-11/h8,11H,2-7H2,1H3/t8-/m1/s1. The zero-order chi connectivity index (χ0) is 11.5. The molecular weight excluding hydrogens is 218 g/mol. The van der Waals surface area contributed by atoms with Crippen LogP contribution in [0.3, 0.4) is 0 Å². The summed E-state index contributed by atoms with van der Waals surface area (Å²) in [4.78, 5) is 13.2. The van der Waals surface area contributed by atoms with E-state index in [1.54, 1.807) is 4.90 Å². The van der Waals surface area contributed by atoms with Gasteiger partial charge in [-0.3, -0.25) is 4.79 Å². The van der Waals surface area contributed by atoms with E-state index in [9.17, 15) is 13.2 Å². The Balaban J connectivity index is 2.46. The summed E-state index contributed by atoms with van der Waals surface area (Å²) >= 11 is 0. The van der Waals surface area contributed by atoms with Gasteiger partial charge in [-0.1, -0.05) is 0 Å². The molecule has 1 fully saturated rings. The molecule has 5 nitrogen and oxygen atoms in total. The predicted octanol–water partition coefficient (Wildman–Crippen LogP) is -0.596. The molecule has 88 valence electrons. The van der Waals surface area contributed by atoms with E-state index in [1.807, 2.05) is 0 Å². The highest BCUT2D eigenvalue weighted by atomic mass is 32.2. The maximum Gasteiger partial charge on any atom is 0.223 e. The number of sulfone groups is 1. The Bertz CT molecular complexity index is 325. The molecule has 1 rings (SSSR count). The predicted molar refractivity (Wildman–Crippen MR) is 56.1 cm³/mol. The van der Waals surface area contributed by atoms with Crippen molar-refractivity contribution in [3.63, 3.8) is 0 Å². The second kappa shape index (κ2) is 4.94. The molecule has 1 heterocycles. The highest BCUT2D eigenvalue weighted by Crippen LogP contribution is 2.17. The first-order valence-corrected chi connectivity index (χ1v) is 7.08. The minimum Gasteiger partial charge on any atom is -0.394 e. The van der Waals surface area contributed by atoms with Crippen molar-refractivity contribution < 1.29 is 18.3 Å². The van der Waals surface area contributed by atoms with Gasteiger partial charge in [-0.25, -0.2) is 8.42 Å². The molecule has 0 aromatic rings. The Morgan fingerprint density at radius 1 is 1.53 bits per heavy atom. The zero-order valence-electron chi connectivity index (χ0n) is 8.85. The molecule has 1 saturated heterocycles. The molecule has 0 unspecified atom stereocenters. The Morgan fingerprint density at radius 3 is 2.73 bits per heavy atom. The minimum atomic E-state index is -3.08. The van der Waals surface area contributed by atoms with Gasteiger partial charge in [0.15, 0.2) is 0 Å². The first-order chi connectivity index (χ1) is 6.94. The van der Waals surface area contributed by atoms with Crippen LogP contribution < -0.4 is 0 Å². The van der Waals surface area contributed by atoms with Crippen molar-refractivity contribution in [1.29, 1.82) is 0 Å². The molecule has 15 heavy (non-hydrogen) atoms. The molecule has 0 aliphatic carbocycles. The van der Waals surface area contributed by atoms with E-state index < -0.39 is 9.84 Å². The second-order valence-electron chi connectivity index (χ2n) is 3.95. The number of carbonyl (C=O) groups excluding carboxylic acids is 1. The van der Waals surface area contributed by atoms with Crippen LogP contribution in [0.1, 0.15) is 19.3 Å². The van der Waals surface area contributed by atoms with Gasteiger partial charge in [0.2, 0.25) is 5.91 Å². The number of aliphatic hydroxyl groups is 1. The van der Waals surface area contributed by atoms with Gasteiger partial charge in [0, 0.05) is 19.2 Å². The van der Waals surface area contributed by atoms with E-state index in [1.165, 1.54) is 0 Å². The lowest BCUT2D eigenvalue weighted by Gasteiger charge is -2.22. The third-order valence-electron chi connectivity index (χ3n) is 2.59. The van der Waals surface area contributed by atoms with E-state index in [2.05, 4.69) is 0 Å². The Kier molecular flexibility index (Phi) is 4.10. The molecular formula is C9H17NO4S. The van der Waals surface area contributed by atoms with Crippen molar-refractivity contribution in [3.05, 3.63) is 0 Å². The van der Waals surface area contributed by atoms with Gasteiger partial charge < -0.3 is 10.0 Å². The molecule has 1 atom stereocenters. The average molecular weight is 235 g/mol. The number of hydrogen-bond donors (Lipinski definition) is 1. The van der Waals surface area contributed by atoms with E-state index in [4.69, 9.17) is 5.11 Å². The Hall–Kier alpha value is -0.620. The van der Waals surface area contributed by atoms with Crippen molar-refractivity contribution in [2.45, 2.75) is 25.3 Å². The Morgan fingerprint density at radius 2 is 2.20 bits per heavy atom. The number of carbonyl (C=O) groups is 1. The van der Waals surface area contributed by atoms with Crippen molar-refractivity contribution in [3.8, 4) is 0 Å². The summed E-state index contributed by atoms with van der Waals surface area (Å²) in [6.45, 7) is 0.596. The topological polar surface area (TPSA) is 74.7 Å². The third-order valence-corrected chi connectivity index (χ3v) is 3.54. The summed E-state index contributed by atoms with van der Waals surface area (Å²) in [6.07, 6.45) is 2.83. The summed E-state index contributed by atoms with van der Waals surface area (Å²) in [5, 5.41) is 9.00. The number of aliphatic hydroxyl groups excluding tert-OH is 1. The average Bonchev–Trinajstić information content (AvgIpc) is 2.60. The lowest BCUT2D eigenvalue weighted by Crippen LogP contribution is -2.38. The number of hydrogen-bond acceptors (Lipinski definition) is 4. The van der Waals surface area contributed by atoms with Gasteiger partial charge >= 0.3 is 0 Å². The zero-order valence-corrected chi connectivity index (χ0v) is 9.66. The van der Waals surface area contributed by atoms with Gasteiger partial charge in [-0.2, -0.15) is 0 Å². The minimum absolute atomic E-state index is 0.0231. The van der Waals surface area contributed by atoms with Gasteiger partial charge in [-0.15, -0.1) is 0 Å². The van der Waals surface area contributed by atoms with Gasteiger partial charge in [0.1, 0.15) is 9.84 Å².